The molecule has 0 radical (unpaired) electrons. The minimum atomic E-state index is -0.00406. The second-order valence-corrected chi connectivity index (χ2v) is 8.51. The molecule has 23 heavy (non-hydrogen) atoms. The predicted molar refractivity (Wildman–Crippen MR) is 95.9 cm³/mol. The maximum Gasteiger partial charge on any atom is 0.267 e. The number of nitrogens with zero attached hydrogens (tertiary/aromatic N) is 1. The van der Waals surface area contributed by atoms with Crippen molar-refractivity contribution < 1.29 is 4.79 Å². The minimum absolute atomic E-state index is 0.00406. The molecular weight excluding hydrogens is 326 g/mol. The number of anilines is 1. The quantitative estimate of drug-likeness (QED) is 0.888. The van der Waals surface area contributed by atoms with Gasteiger partial charge in [-0.05, 0) is 69.2 Å². The molecule has 0 aromatic carbocycles. The SMILES string of the molecule is O=C(Nc1ncc(C2CCNCC2)s1)c1cc2c(s1)CCCC2. The summed E-state index contributed by atoms with van der Waals surface area (Å²) >= 11 is 3.29. The van der Waals surface area contributed by atoms with Crippen LogP contribution in [0.2, 0.25) is 0 Å². The third-order valence-electron chi connectivity index (χ3n) is 4.71. The Morgan fingerprint density at radius 3 is 2.87 bits per heavy atom. The second-order valence-electron chi connectivity index (χ2n) is 6.31. The minimum Gasteiger partial charge on any atom is -0.317 e. The Bertz CT molecular complexity index is 677. The Kier molecular flexibility index (Phi) is 4.46. The van der Waals surface area contributed by atoms with Crippen LogP contribution in [0.3, 0.4) is 0 Å². The van der Waals surface area contributed by atoms with E-state index in [4.69, 9.17) is 0 Å². The Balaban J connectivity index is 1.44. The molecule has 2 N–H and O–H groups in total. The highest BCUT2D eigenvalue weighted by atomic mass is 32.1. The van der Waals surface area contributed by atoms with Crippen molar-refractivity contribution in [2.45, 2.75) is 44.4 Å². The number of hydrogen-bond acceptors (Lipinski definition) is 5. The molecule has 122 valence electrons. The van der Waals surface area contributed by atoms with E-state index in [1.807, 2.05) is 6.20 Å². The van der Waals surface area contributed by atoms with Crippen molar-refractivity contribution in [3.63, 3.8) is 0 Å². The molecular formula is C17H21N3OS2. The normalized spacial score (nSPS) is 18.6. The Morgan fingerprint density at radius 1 is 1.22 bits per heavy atom. The van der Waals surface area contributed by atoms with Crippen molar-refractivity contribution in [1.29, 1.82) is 0 Å². The molecule has 1 amide bonds. The number of carbonyl (C=O) groups excluding carboxylic acids is 1. The van der Waals surface area contributed by atoms with Gasteiger partial charge in [0.2, 0.25) is 0 Å². The fourth-order valence-corrected chi connectivity index (χ4v) is 5.53. The highest BCUT2D eigenvalue weighted by Gasteiger charge is 2.20. The number of fused-ring (bicyclic) bond motifs is 1. The number of rotatable bonds is 3. The summed E-state index contributed by atoms with van der Waals surface area (Å²) in [6.07, 6.45) is 9.01. The Morgan fingerprint density at radius 2 is 2.04 bits per heavy atom. The van der Waals surface area contributed by atoms with Crippen LogP contribution >= 0.6 is 22.7 Å². The second kappa shape index (κ2) is 6.71. The molecule has 0 atom stereocenters. The zero-order valence-electron chi connectivity index (χ0n) is 13.1. The summed E-state index contributed by atoms with van der Waals surface area (Å²) in [5, 5.41) is 7.11. The van der Waals surface area contributed by atoms with Gasteiger partial charge in [0.1, 0.15) is 0 Å². The monoisotopic (exact) mass is 347 g/mol. The van der Waals surface area contributed by atoms with E-state index in [0.717, 1.165) is 48.8 Å². The molecule has 1 fully saturated rings. The molecule has 2 aliphatic rings. The molecule has 0 unspecified atom stereocenters. The average Bonchev–Trinajstić information content (AvgIpc) is 3.22. The molecule has 2 aromatic rings. The standard InChI is InChI=1S/C17H21N3OS2/c21-16(14-9-12-3-1-2-4-13(12)22-14)20-17-19-10-15(23-17)11-5-7-18-8-6-11/h9-11,18H,1-8H2,(H,19,20,21). The summed E-state index contributed by atoms with van der Waals surface area (Å²) in [6.45, 7) is 2.15. The number of thiophene rings is 1. The molecule has 1 saturated heterocycles. The Hall–Kier alpha value is -1.24. The topological polar surface area (TPSA) is 54.0 Å². The molecule has 1 aliphatic carbocycles. The van der Waals surface area contributed by atoms with Gasteiger partial charge in [0.25, 0.3) is 5.91 Å². The van der Waals surface area contributed by atoms with Crippen LogP contribution in [-0.2, 0) is 12.8 Å². The Labute approximate surface area is 144 Å². The van der Waals surface area contributed by atoms with Crippen LogP contribution in [0.1, 0.15) is 56.6 Å². The van der Waals surface area contributed by atoms with Gasteiger partial charge in [0.05, 0.1) is 4.88 Å². The van der Waals surface area contributed by atoms with Crippen LogP contribution in [0.25, 0.3) is 0 Å². The van der Waals surface area contributed by atoms with E-state index in [0.29, 0.717) is 5.92 Å². The fraction of sp³-hybridized carbons (Fsp3) is 0.529. The first-order valence-corrected chi connectivity index (χ1v) is 10.0. The average molecular weight is 348 g/mol. The molecule has 0 spiro atoms. The number of carbonyl (C=O) groups is 1. The number of thiazole rings is 1. The zero-order chi connectivity index (χ0) is 15.6. The van der Waals surface area contributed by atoms with Crippen molar-refractivity contribution in [2.24, 2.45) is 0 Å². The summed E-state index contributed by atoms with van der Waals surface area (Å²) in [4.78, 5) is 20.4. The highest BCUT2D eigenvalue weighted by Crippen LogP contribution is 2.33. The van der Waals surface area contributed by atoms with E-state index in [9.17, 15) is 4.79 Å². The van der Waals surface area contributed by atoms with Gasteiger partial charge in [-0.15, -0.1) is 22.7 Å². The molecule has 2 aromatic heterocycles. The van der Waals surface area contributed by atoms with E-state index in [2.05, 4.69) is 21.7 Å². The van der Waals surface area contributed by atoms with Crippen molar-refractivity contribution in [3.05, 3.63) is 32.5 Å². The van der Waals surface area contributed by atoms with E-state index in [-0.39, 0.29) is 5.91 Å². The first-order valence-electron chi connectivity index (χ1n) is 8.39. The lowest BCUT2D eigenvalue weighted by atomic mass is 9.97. The van der Waals surface area contributed by atoms with Crippen LogP contribution in [0.4, 0.5) is 5.13 Å². The molecule has 4 nitrogen and oxygen atoms in total. The highest BCUT2D eigenvalue weighted by molar-refractivity contribution is 7.16. The van der Waals surface area contributed by atoms with Gasteiger partial charge in [-0.1, -0.05) is 0 Å². The van der Waals surface area contributed by atoms with Crippen LogP contribution in [0, 0.1) is 0 Å². The van der Waals surface area contributed by atoms with E-state index >= 15 is 0 Å². The van der Waals surface area contributed by atoms with Gasteiger partial charge in [-0.25, -0.2) is 4.98 Å². The van der Waals surface area contributed by atoms with E-state index in [1.165, 1.54) is 28.2 Å². The first kappa shape index (κ1) is 15.3. The van der Waals surface area contributed by atoms with E-state index < -0.39 is 0 Å². The van der Waals surface area contributed by atoms with Crippen molar-refractivity contribution >= 4 is 33.7 Å². The third kappa shape index (κ3) is 3.34. The number of aryl methyl sites for hydroxylation is 2. The molecule has 4 rings (SSSR count). The lowest BCUT2D eigenvalue weighted by Crippen LogP contribution is -2.26. The number of nitrogens with one attached hydrogen (secondary N) is 2. The molecule has 6 heteroatoms. The lowest BCUT2D eigenvalue weighted by molar-refractivity contribution is 0.103. The number of aromatic nitrogens is 1. The van der Waals surface area contributed by atoms with Crippen LogP contribution in [-0.4, -0.2) is 24.0 Å². The van der Waals surface area contributed by atoms with Crippen LogP contribution in [0.15, 0.2) is 12.3 Å². The fourth-order valence-electron chi connectivity index (χ4n) is 3.40. The number of hydrogen-bond donors (Lipinski definition) is 2. The predicted octanol–water partition coefficient (Wildman–Crippen LogP) is 3.80. The number of amides is 1. The summed E-state index contributed by atoms with van der Waals surface area (Å²) in [5.74, 6) is 0.587. The van der Waals surface area contributed by atoms with Gasteiger partial charge < -0.3 is 5.32 Å². The largest absolute Gasteiger partial charge is 0.317 e. The maximum atomic E-state index is 12.5. The van der Waals surface area contributed by atoms with Crippen molar-refractivity contribution in [1.82, 2.24) is 10.3 Å². The van der Waals surface area contributed by atoms with Gasteiger partial charge in [0, 0.05) is 16.0 Å². The lowest BCUT2D eigenvalue weighted by Gasteiger charge is -2.20. The summed E-state index contributed by atoms with van der Waals surface area (Å²) in [7, 11) is 0. The van der Waals surface area contributed by atoms with Gasteiger partial charge >= 0.3 is 0 Å². The summed E-state index contributed by atoms with van der Waals surface area (Å²) in [5.41, 5.74) is 1.38. The van der Waals surface area contributed by atoms with Crippen molar-refractivity contribution in [2.75, 3.05) is 18.4 Å². The van der Waals surface area contributed by atoms with Crippen LogP contribution < -0.4 is 10.6 Å². The maximum absolute atomic E-state index is 12.5. The summed E-state index contributed by atoms with van der Waals surface area (Å²) < 4.78 is 0. The smallest absolute Gasteiger partial charge is 0.267 e. The number of piperidine rings is 1. The van der Waals surface area contributed by atoms with Gasteiger partial charge in [-0.3, -0.25) is 10.1 Å². The molecule has 1 aliphatic heterocycles. The molecule has 0 saturated carbocycles. The first-order chi connectivity index (χ1) is 11.3. The molecule has 0 bridgehead atoms. The van der Waals surface area contributed by atoms with Gasteiger partial charge in [-0.2, -0.15) is 0 Å². The van der Waals surface area contributed by atoms with Crippen LogP contribution in [0.5, 0.6) is 0 Å². The van der Waals surface area contributed by atoms with Gasteiger partial charge in [0.15, 0.2) is 5.13 Å². The molecule has 3 heterocycles. The zero-order valence-corrected chi connectivity index (χ0v) is 14.7. The van der Waals surface area contributed by atoms with Crippen molar-refractivity contribution in [3.8, 4) is 0 Å². The van der Waals surface area contributed by atoms with E-state index in [1.54, 1.807) is 22.7 Å². The third-order valence-corrected chi connectivity index (χ3v) is 7.02. The summed E-state index contributed by atoms with van der Waals surface area (Å²) in [6, 6.07) is 2.08.